The Hall–Kier alpha value is -2.12. The molecule has 0 saturated carbocycles. The number of rotatable bonds is 7. The lowest BCUT2D eigenvalue weighted by atomic mass is 9.97. The second-order valence-electron chi connectivity index (χ2n) is 7.24. The summed E-state index contributed by atoms with van der Waals surface area (Å²) in [5.74, 6) is 0. The second-order valence-corrected chi connectivity index (χ2v) is 7.24. The minimum Gasteiger partial charge on any atom is -0.297 e. The molecule has 25 heavy (non-hydrogen) atoms. The Balaban J connectivity index is 1.66. The van der Waals surface area contributed by atoms with E-state index in [4.69, 9.17) is 0 Å². The Kier molecular flexibility index (Phi) is 5.88. The van der Waals surface area contributed by atoms with Crippen molar-refractivity contribution in [2.75, 3.05) is 6.54 Å². The maximum absolute atomic E-state index is 2.58. The first-order valence-corrected chi connectivity index (χ1v) is 9.40. The monoisotopic (exact) mass is 331 g/mol. The predicted molar refractivity (Wildman–Crippen MR) is 109 cm³/mol. The van der Waals surface area contributed by atoms with Crippen molar-refractivity contribution in [3.8, 4) is 0 Å². The molecule has 0 aliphatic rings. The molecule has 0 radical (unpaired) electrons. The lowest BCUT2D eigenvalue weighted by Crippen LogP contribution is -2.31. The van der Waals surface area contributed by atoms with Crippen LogP contribution in [-0.2, 0) is 13.0 Å². The number of nitrogens with zero attached hydrogens (tertiary/aromatic N) is 1. The number of benzene rings is 3. The topological polar surface area (TPSA) is 3.24 Å². The molecular formula is C24H29N. The molecule has 0 unspecified atom stereocenters. The summed E-state index contributed by atoms with van der Waals surface area (Å²) in [6.07, 6.45) is 2.33. The van der Waals surface area contributed by atoms with E-state index >= 15 is 0 Å². The zero-order valence-electron chi connectivity index (χ0n) is 15.7. The number of hydrogen-bond acceptors (Lipinski definition) is 1. The molecule has 0 aliphatic heterocycles. The summed E-state index contributed by atoms with van der Waals surface area (Å²) < 4.78 is 0. The summed E-state index contributed by atoms with van der Waals surface area (Å²) in [5, 5.41) is 2.81. The molecule has 0 amide bonds. The molecule has 0 N–H and O–H groups in total. The van der Waals surface area contributed by atoms with E-state index in [9.17, 15) is 0 Å². The quantitative estimate of drug-likeness (QED) is 0.514. The first-order valence-electron chi connectivity index (χ1n) is 9.40. The fraction of sp³-hybridized carbons (Fsp3) is 0.333. The van der Waals surface area contributed by atoms with Crippen molar-refractivity contribution < 1.29 is 0 Å². The van der Waals surface area contributed by atoms with Gasteiger partial charge < -0.3 is 0 Å². The van der Waals surface area contributed by atoms with E-state index in [1.807, 2.05) is 0 Å². The Morgan fingerprint density at radius 2 is 1.48 bits per heavy atom. The van der Waals surface area contributed by atoms with E-state index in [0.29, 0.717) is 6.04 Å². The maximum atomic E-state index is 2.58. The predicted octanol–water partition coefficient (Wildman–Crippen LogP) is 5.99. The first kappa shape index (κ1) is 17.7. The highest BCUT2D eigenvalue weighted by molar-refractivity contribution is 5.88. The van der Waals surface area contributed by atoms with Gasteiger partial charge in [0.15, 0.2) is 0 Å². The van der Waals surface area contributed by atoms with Crippen molar-refractivity contribution in [1.82, 2.24) is 4.90 Å². The van der Waals surface area contributed by atoms with Gasteiger partial charge in [-0.3, -0.25) is 4.90 Å². The van der Waals surface area contributed by atoms with Gasteiger partial charge in [-0.25, -0.2) is 0 Å². The Bertz CT molecular complexity index is 805. The summed E-state index contributed by atoms with van der Waals surface area (Å²) in [6, 6.07) is 24.7. The molecule has 1 nitrogen and oxygen atoms in total. The van der Waals surface area contributed by atoms with E-state index in [1.54, 1.807) is 0 Å². The van der Waals surface area contributed by atoms with Gasteiger partial charge in [0.05, 0.1) is 0 Å². The van der Waals surface area contributed by atoms with Gasteiger partial charge >= 0.3 is 0 Å². The Morgan fingerprint density at radius 1 is 0.800 bits per heavy atom. The van der Waals surface area contributed by atoms with Crippen LogP contribution in [-0.4, -0.2) is 17.5 Å². The van der Waals surface area contributed by atoms with Crippen molar-refractivity contribution in [2.45, 2.75) is 46.2 Å². The molecular weight excluding hydrogens is 302 g/mol. The molecule has 130 valence electrons. The zero-order valence-corrected chi connectivity index (χ0v) is 15.7. The highest BCUT2D eigenvalue weighted by Gasteiger charge is 2.10. The van der Waals surface area contributed by atoms with Crippen molar-refractivity contribution in [1.29, 1.82) is 0 Å². The molecule has 0 heterocycles. The van der Waals surface area contributed by atoms with E-state index in [2.05, 4.69) is 92.4 Å². The fourth-order valence-electron chi connectivity index (χ4n) is 3.54. The van der Waals surface area contributed by atoms with Crippen LogP contribution >= 0.6 is 0 Å². The van der Waals surface area contributed by atoms with E-state index in [0.717, 1.165) is 19.5 Å². The van der Waals surface area contributed by atoms with Crippen molar-refractivity contribution >= 4 is 10.8 Å². The van der Waals surface area contributed by atoms with Crippen LogP contribution in [0, 0.1) is 6.92 Å². The lowest BCUT2D eigenvalue weighted by molar-refractivity contribution is 0.210. The molecule has 0 atom stereocenters. The van der Waals surface area contributed by atoms with Crippen LogP contribution < -0.4 is 0 Å². The number of fused-ring (bicyclic) bond motifs is 1. The average Bonchev–Trinajstić information content (AvgIpc) is 2.63. The van der Waals surface area contributed by atoms with E-state index in [-0.39, 0.29) is 0 Å². The van der Waals surface area contributed by atoms with Gasteiger partial charge in [0.25, 0.3) is 0 Å². The summed E-state index contributed by atoms with van der Waals surface area (Å²) in [4.78, 5) is 2.58. The van der Waals surface area contributed by atoms with Crippen LogP contribution in [0.15, 0.2) is 66.7 Å². The van der Waals surface area contributed by atoms with Crippen molar-refractivity contribution in [3.05, 3.63) is 83.4 Å². The lowest BCUT2D eigenvalue weighted by Gasteiger charge is -2.26. The van der Waals surface area contributed by atoms with Crippen LogP contribution in [0.3, 0.4) is 0 Å². The number of aryl methyl sites for hydroxylation is 2. The Morgan fingerprint density at radius 3 is 2.20 bits per heavy atom. The zero-order chi connectivity index (χ0) is 17.6. The standard InChI is InChI=1S/C24H29N/c1-19(2)25(18-21-10-5-4-6-11-21)17-9-12-22-16-15-20(3)23-13-7-8-14-24(22)23/h4-8,10-11,13-16,19H,9,12,17-18H2,1-3H3. The molecule has 0 spiro atoms. The van der Waals surface area contributed by atoms with Crippen LogP contribution in [0.1, 0.15) is 37.0 Å². The van der Waals surface area contributed by atoms with E-state index < -0.39 is 0 Å². The first-order chi connectivity index (χ1) is 12.1. The SMILES string of the molecule is Cc1ccc(CCCN(Cc2ccccc2)C(C)C)c2ccccc12. The smallest absolute Gasteiger partial charge is 0.0236 e. The Labute approximate surface area is 152 Å². The molecule has 3 aromatic rings. The van der Waals surface area contributed by atoms with Crippen LogP contribution in [0.2, 0.25) is 0 Å². The molecule has 0 aromatic heterocycles. The van der Waals surface area contributed by atoms with Gasteiger partial charge in [0.2, 0.25) is 0 Å². The molecule has 3 aromatic carbocycles. The van der Waals surface area contributed by atoms with E-state index in [1.165, 1.54) is 33.9 Å². The highest BCUT2D eigenvalue weighted by atomic mass is 15.1. The second kappa shape index (κ2) is 8.31. The largest absolute Gasteiger partial charge is 0.297 e. The third-order valence-corrected chi connectivity index (χ3v) is 5.08. The normalized spacial score (nSPS) is 11.6. The average molecular weight is 332 g/mol. The van der Waals surface area contributed by atoms with Crippen molar-refractivity contribution in [2.24, 2.45) is 0 Å². The third-order valence-electron chi connectivity index (χ3n) is 5.08. The summed E-state index contributed by atoms with van der Waals surface area (Å²) >= 11 is 0. The van der Waals surface area contributed by atoms with Crippen LogP contribution in [0.4, 0.5) is 0 Å². The molecule has 0 fully saturated rings. The molecule has 3 rings (SSSR count). The van der Waals surface area contributed by atoms with Gasteiger partial charge in [0, 0.05) is 12.6 Å². The third kappa shape index (κ3) is 4.49. The molecule has 1 heteroatoms. The fourth-order valence-corrected chi connectivity index (χ4v) is 3.54. The van der Waals surface area contributed by atoms with Crippen LogP contribution in [0.25, 0.3) is 10.8 Å². The number of hydrogen-bond donors (Lipinski definition) is 0. The van der Waals surface area contributed by atoms with Gasteiger partial charge in [-0.2, -0.15) is 0 Å². The summed E-state index contributed by atoms with van der Waals surface area (Å²) in [5.41, 5.74) is 4.24. The molecule has 0 aliphatic carbocycles. The van der Waals surface area contributed by atoms with Gasteiger partial charge in [0.1, 0.15) is 0 Å². The van der Waals surface area contributed by atoms with Gasteiger partial charge in [-0.1, -0.05) is 66.7 Å². The maximum Gasteiger partial charge on any atom is 0.0236 e. The summed E-state index contributed by atoms with van der Waals surface area (Å²) in [7, 11) is 0. The molecule has 0 saturated heterocycles. The highest BCUT2D eigenvalue weighted by Crippen LogP contribution is 2.23. The van der Waals surface area contributed by atoms with Gasteiger partial charge in [-0.15, -0.1) is 0 Å². The summed E-state index contributed by atoms with van der Waals surface area (Å²) in [6.45, 7) is 8.96. The minimum atomic E-state index is 0.565. The van der Waals surface area contributed by atoms with Gasteiger partial charge in [-0.05, 0) is 67.6 Å². The van der Waals surface area contributed by atoms with Crippen molar-refractivity contribution in [3.63, 3.8) is 0 Å². The minimum absolute atomic E-state index is 0.565. The van der Waals surface area contributed by atoms with Crippen LogP contribution in [0.5, 0.6) is 0 Å². The molecule has 0 bridgehead atoms.